The van der Waals surface area contributed by atoms with Gasteiger partial charge < -0.3 is 10.2 Å². The fourth-order valence-electron chi connectivity index (χ4n) is 6.54. The lowest BCUT2D eigenvalue weighted by molar-refractivity contribution is -0.151. The second-order valence-corrected chi connectivity index (χ2v) is 12.4. The van der Waals surface area contributed by atoms with Crippen LogP contribution in [0.15, 0.2) is 66.4 Å². The van der Waals surface area contributed by atoms with Crippen molar-refractivity contribution >= 4 is 29.3 Å². The summed E-state index contributed by atoms with van der Waals surface area (Å²) in [5.74, 6) is -2.58. The number of piperidine rings is 1. The van der Waals surface area contributed by atoms with Gasteiger partial charge in [-0.05, 0) is 43.5 Å². The molecule has 0 spiro atoms. The van der Waals surface area contributed by atoms with Gasteiger partial charge in [0.1, 0.15) is 17.8 Å². The molecular weight excluding hydrogens is 558 g/mol. The third-order valence-electron chi connectivity index (χ3n) is 9.02. The van der Waals surface area contributed by atoms with Crippen LogP contribution in [0.5, 0.6) is 0 Å². The number of imide groups is 2. The number of benzene rings is 1. The number of hydrogen-bond donors (Lipinski definition) is 2. The second-order valence-electron chi connectivity index (χ2n) is 12.4. The van der Waals surface area contributed by atoms with Gasteiger partial charge in [0.2, 0.25) is 17.7 Å². The fraction of sp³-hybridized carbons (Fsp3) is 0.394. The number of hydrogen-bond acceptors (Lipinski definition) is 9. The molecule has 2 N–H and O–H groups in total. The van der Waals surface area contributed by atoms with E-state index >= 15 is 0 Å². The maximum Gasteiger partial charge on any atom is 0.258 e. The molecule has 3 atom stereocenters. The molecule has 11 nitrogen and oxygen atoms in total. The molecule has 3 aliphatic heterocycles. The maximum absolute atomic E-state index is 13.4. The van der Waals surface area contributed by atoms with Gasteiger partial charge in [-0.3, -0.25) is 34.3 Å². The van der Waals surface area contributed by atoms with Gasteiger partial charge in [0, 0.05) is 56.3 Å². The van der Waals surface area contributed by atoms with Gasteiger partial charge in [0.05, 0.1) is 17.8 Å². The summed E-state index contributed by atoms with van der Waals surface area (Å²) in [6, 6.07) is 12.8. The van der Waals surface area contributed by atoms with Crippen LogP contribution in [-0.4, -0.2) is 75.7 Å². The second kappa shape index (κ2) is 11.8. The molecule has 4 amide bonds. The Labute approximate surface area is 256 Å². The van der Waals surface area contributed by atoms with Crippen LogP contribution >= 0.6 is 0 Å². The van der Waals surface area contributed by atoms with Crippen molar-refractivity contribution in [2.24, 2.45) is 5.92 Å². The standard InChI is InChI=1S/C33H35N7O4/c1-33(2)20-38(24-11-10-23(16-34)35-18-24)14-15-39(33)19-22-8-6-21(7-9-22)17-36-26-5-3-4-25-29(26)32(44)40(31(25)43)27-12-13-28(41)37-30(27)42/h3-11,18,26-27,29,36H,12-15,17,19-20H2,1-2H3,(H,37,41,42). The molecular formula is C33H35N7O4. The lowest BCUT2D eigenvalue weighted by atomic mass is 9.89. The molecule has 226 valence electrons. The number of carbonyl (C=O) groups is 4. The summed E-state index contributed by atoms with van der Waals surface area (Å²) in [6.07, 6.45) is 7.29. The zero-order chi connectivity index (χ0) is 31.0. The summed E-state index contributed by atoms with van der Waals surface area (Å²) in [7, 11) is 0. The van der Waals surface area contributed by atoms with E-state index in [1.54, 1.807) is 24.4 Å². The normalized spacial score (nSPS) is 25.0. The van der Waals surface area contributed by atoms with Crippen molar-refractivity contribution in [3.05, 3.63) is 83.2 Å². The smallest absolute Gasteiger partial charge is 0.258 e. The molecule has 1 aromatic heterocycles. The van der Waals surface area contributed by atoms with Crippen molar-refractivity contribution in [3.63, 3.8) is 0 Å². The van der Waals surface area contributed by atoms with Gasteiger partial charge in [-0.1, -0.05) is 42.5 Å². The van der Waals surface area contributed by atoms with Crippen molar-refractivity contribution in [2.45, 2.75) is 57.4 Å². The first kappa shape index (κ1) is 29.4. The molecule has 1 aromatic carbocycles. The number of fused-ring (bicyclic) bond motifs is 1. The highest BCUT2D eigenvalue weighted by atomic mass is 16.2. The minimum atomic E-state index is -0.965. The number of anilines is 1. The Hall–Kier alpha value is -4.66. The van der Waals surface area contributed by atoms with Crippen LogP contribution in [0.1, 0.15) is 43.5 Å². The van der Waals surface area contributed by atoms with E-state index in [2.05, 4.69) is 69.6 Å². The third kappa shape index (κ3) is 5.66. The van der Waals surface area contributed by atoms with Crippen LogP contribution in [0, 0.1) is 17.2 Å². The predicted octanol–water partition coefficient (Wildman–Crippen LogP) is 1.80. The van der Waals surface area contributed by atoms with E-state index in [0.29, 0.717) is 17.8 Å². The first-order valence-corrected chi connectivity index (χ1v) is 14.9. The topological polar surface area (TPSA) is 139 Å². The Balaban J connectivity index is 1.05. The highest BCUT2D eigenvalue weighted by molar-refractivity contribution is 6.18. The number of amides is 4. The lowest BCUT2D eigenvalue weighted by Crippen LogP contribution is -2.58. The molecule has 0 saturated carbocycles. The summed E-state index contributed by atoms with van der Waals surface area (Å²) >= 11 is 0. The number of rotatable bonds is 7. The van der Waals surface area contributed by atoms with E-state index < -0.39 is 41.6 Å². The SMILES string of the molecule is CC1(C)CN(c2ccc(C#N)nc2)CCN1Cc1ccc(CNC2C=CC=C3C(=O)N(C4CCC(=O)NC4=O)C(=O)C32)cc1. The highest BCUT2D eigenvalue weighted by Crippen LogP contribution is 2.35. The summed E-state index contributed by atoms with van der Waals surface area (Å²) in [5, 5.41) is 14.7. The molecule has 1 aliphatic carbocycles. The lowest BCUT2D eigenvalue weighted by Gasteiger charge is -2.48. The van der Waals surface area contributed by atoms with Crippen LogP contribution in [0.25, 0.3) is 0 Å². The molecule has 11 heteroatoms. The minimum Gasteiger partial charge on any atom is -0.367 e. The quantitative estimate of drug-likeness (QED) is 0.460. The Morgan fingerprint density at radius 2 is 1.84 bits per heavy atom. The van der Waals surface area contributed by atoms with E-state index in [-0.39, 0.29) is 18.4 Å². The van der Waals surface area contributed by atoms with Crippen molar-refractivity contribution in [2.75, 3.05) is 24.5 Å². The zero-order valence-corrected chi connectivity index (χ0v) is 24.8. The molecule has 3 unspecified atom stereocenters. The summed E-state index contributed by atoms with van der Waals surface area (Å²) < 4.78 is 0. The van der Waals surface area contributed by atoms with Crippen molar-refractivity contribution < 1.29 is 19.2 Å². The van der Waals surface area contributed by atoms with E-state index in [4.69, 9.17) is 5.26 Å². The molecule has 6 rings (SSSR count). The fourth-order valence-corrected chi connectivity index (χ4v) is 6.54. The van der Waals surface area contributed by atoms with Crippen LogP contribution in [-0.2, 0) is 32.3 Å². The number of aromatic nitrogens is 1. The van der Waals surface area contributed by atoms with Gasteiger partial charge in [-0.25, -0.2) is 4.98 Å². The Bertz CT molecular complexity index is 1590. The van der Waals surface area contributed by atoms with Gasteiger partial charge in [0.15, 0.2) is 0 Å². The molecule has 44 heavy (non-hydrogen) atoms. The van der Waals surface area contributed by atoms with Gasteiger partial charge >= 0.3 is 0 Å². The van der Waals surface area contributed by atoms with Gasteiger partial charge in [-0.2, -0.15) is 5.26 Å². The van der Waals surface area contributed by atoms with Crippen molar-refractivity contribution in [1.29, 1.82) is 5.26 Å². The van der Waals surface area contributed by atoms with E-state index in [1.807, 2.05) is 12.1 Å². The first-order chi connectivity index (χ1) is 21.1. The molecule has 0 radical (unpaired) electrons. The summed E-state index contributed by atoms with van der Waals surface area (Å²) in [4.78, 5) is 60.6. The Morgan fingerprint density at radius 3 is 2.52 bits per heavy atom. The van der Waals surface area contributed by atoms with Crippen molar-refractivity contribution in [3.8, 4) is 6.07 Å². The summed E-state index contributed by atoms with van der Waals surface area (Å²) in [6.45, 7) is 8.40. The monoisotopic (exact) mass is 593 g/mol. The maximum atomic E-state index is 13.4. The predicted molar refractivity (Wildman–Crippen MR) is 161 cm³/mol. The van der Waals surface area contributed by atoms with E-state index in [0.717, 1.165) is 42.3 Å². The van der Waals surface area contributed by atoms with Crippen LogP contribution < -0.4 is 15.5 Å². The molecule has 3 saturated heterocycles. The van der Waals surface area contributed by atoms with E-state index in [9.17, 15) is 19.2 Å². The van der Waals surface area contributed by atoms with Gasteiger partial charge in [0.25, 0.3) is 5.91 Å². The van der Waals surface area contributed by atoms with Gasteiger partial charge in [-0.15, -0.1) is 0 Å². The van der Waals surface area contributed by atoms with Crippen LogP contribution in [0.4, 0.5) is 5.69 Å². The number of nitrogens with one attached hydrogen (secondary N) is 2. The number of nitrogens with zero attached hydrogens (tertiary/aromatic N) is 5. The summed E-state index contributed by atoms with van der Waals surface area (Å²) in [5.41, 5.74) is 3.99. The molecule has 4 aliphatic rings. The average molecular weight is 594 g/mol. The van der Waals surface area contributed by atoms with Crippen molar-refractivity contribution in [1.82, 2.24) is 25.4 Å². The average Bonchev–Trinajstić information content (AvgIpc) is 3.27. The highest BCUT2D eigenvalue weighted by Gasteiger charge is 2.51. The van der Waals surface area contributed by atoms with Crippen LogP contribution in [0.2, 0.25) is 0 Å². The molecule has 3 fully saturated rings. The van der Waals surface area contributed by atoms with Crippen LogP contribution in [0.3, 0.4) is 0 Å². The number of nitriles is 1. The Morgan fingerprint density at radius 1 is 1.07 bits per heavy atom. The first-order valence-electron chi connectivity index (χ1n) is 14.9. The largest absolute Gasteiger partial charge is 0.367 e. The number of carbonyl (C=O) groups excluding carboxylic acids is 4. The Kier molecular flexibility index (Phi) is 7.88. The number of piperazine rings is 1. The zero-order valence-electron chi connectivity index (χ0n) is 24.8. The number of likely N-dealkylation sites (tertiary alicyclic amines) is 1. The molecule has 2 aromatic rings. The number of allylic oxidation sites excluding steroid dienone is 2. The minimum absolute atomic E-state index is 0.0715. The molecule has 0 bridgehead atoms. The molecule has 4 heterocycles. The third-order valence-corrected chi connectivity index (χ3v) is 9.02. The van der Waals surface area contributed by atoms with E-state index in [1.165, 1.54) is 5.56 Å². The number of pyridine rings is 1.